The van der Waals surface area contributed by atoms with Crippen molar-refractivity contribution in [1.82, 2.24) is 5.32 Å². The van der Waals surface area contributed by atoms with Gasteiger partial charge in [-0.15, -0.1) is 0 Å². The molecule has 1 atom stereocenters. The number of hydrogen-bond acceptors (Lipinski definition) is 4. The topological polar surface area (TPSA) is 39.7 Å². The summed E-state index contributed by atoms with van der Waals surface area (Å²) in [6.07, 6.45) is 0. The SMILES string of the molecule is CCO[Si](C)(OCC)C(C)c1ccc(COCCNC)cc1. The van der Waals surface area contributed by atoms with Crippen molar-refractivity contribution in [2.45, 2.75) is 39.5 Å². The smallest absolute Gasteiger partial charge is 0.342 e. The fourth-order valence-electron chi connectivity index (χ4n) is 2.43. The van der Waals surface area contributed by atoms with Crippen LogP contribution in [0.3, 0.4) is 0 Å². The maximum atomic E-state index is 5.99. The molecule has 0 bridgehead atoms. The Kier molecular flexibility index (Phi) is 8.90. The highest BCUT2D eigenvalue weighted by atomic mass is 28.4. The van der Waals surface area contributed by atoms with E-state index in [-0.39, 0.29) is 0 Å². The van der Waals surface area contributed by atoms with Crippen molar-refractivity contribution in [3.05, 3.63) is 35.4 Å². The van der Waals surface area contributed by atoms with Crippen molar-refractivity contribution in [2.24, 2.45) is 0 Å². The van der Waals surface area contributed by atoms with Gasteiger partial charge in [-0.25, -0.2) is 0 Å². The van der Waals surface area contributed by atoms with Crippen LogP contribution in [0.5, 0.6) is 0 Å². The van der Waals surface area contributed by atoms with Gasteiger partial charge in [-0.1, -0.05) is 31.2 Å². The lowest BCUT2D eigenvalue weighted by Crippen LogP contribution is -2.44. The molecule has 0 fully saturated rings. The molecule has 126 valence electrons. The van der Waals surface area contributed by atoms with Crippen LogP contribution in [0.1, 0.15) is 37.4 Å². The molecule has 0 heterocycles. The summed E-state index contributed by atoms with van der Waals surface area (Å²) in [5, 5.41) is 3.07. The Morgan fingerprint density at radius 2 is 1.68 bits per heavy atom. The largest absolute Gasteiger partial charge is 0.394 e. The predicted molar refractivity (Wildman–Crippen MR) is 93.3 cm³/mol. The summed E-state index contributed by atoms with van der Waals surface area (Å²) in [7, 11) is -0.259. The maximum Gasteiger partial charge on any atom is 0.342 e. The van der Waals surface area contributed by atoms with Crippen LogP contribution >= 0.6 is 0 Å². The average Bonchev–Trinajstić information content (AvgIpc) is 2.52. The van der Waals surface area contributed by atoms with Crippen LogP contribution in [0.25, 0.3) is 0 Å². The monoisotopic (exact) mass is 325 g/mol. The van der Waals surface area contributed by atoms with E-state index in [4.69, 9.17) is 13.6 Å². The predicted octanol–water partition coefficient (Wildman–Crippen LogP) is 3.21. The van der Waals surface area contributed by atoms with Crippen molar-refractivity contribution < 1.29 is 13.6 Å². The minimum atomic E-state index is -2.19. The standard InChI is InChI=1S/C17H31NO3Si/c1-6-20-22(5,21-7-2)15(3)17-10-8-16(9-11-17)14-19-13-12-18-4/h8-11,15,18H,6-7,12-14H2,1-5H3. The molecule has 0 aliphatic rings. The third-order valence-corrected chi connectivity index (χ3v) is 7.52. The number of benzene rings is 1. The zero-order chi connectivity index (χ0) is 16.4. The molecule has 5 heteroatoms. The number of rotatable bonds is 11. The van der Waals surface area contributed by atoms with E-state index in [1.54, 1.807) is 0 Å². The van der Waals surface area contributed by atoms with Gasteiger partial charge in [0.2, 0.25) is 0 Å². The van der Waals surface area contributed by atoms with Gasteiger partial charge in [0.05, 0.1) is 13.2 Å². The first kappa shape index (κ1) is 19.3. The van der Waals surface area contributed by atoms with E-state index in [9.17, 15) is 0 Å². The molecule has 0 spiro atoms. The van der Waals surface area contributed by atoms with Crippen LogP contribution in [0.15, 0.2) is 24.3 Å². The van der Waals surface area contributed by atoms with Crippen molar-refractivity contribution >= 4 is 8.56 Å². The van der Waals surface area contributed by atoms with E-state index in [1.165, 1.54) is 11.1 Å². The summed E-state index contributed by atoms with van der Waals surface area (Å²) in [6.45, 7) is 12.1. The Labute approximate surface area is 136 Å². The second kappa shape index (κ2) is 10.1. The Morgan fingerprint density at radius 1 is 1.09 bits per heavy atom. The number of likely N-dealkylation sites (N-methyl/N-ethyl adjacent to an activating group) is 1. The van der Waals surface area contributed by atoms with Crippen LogP contribution in [0.4, 0.5) is 0 Å². The minimum Gasteiger partial charge on any atom is -0.394 e. The average molecular weight is 326 g/mol. The van der Waals surface area contributed by atoms with Crippen LogP contribution in [-0.4, -0.2) is 42.0 Å². The summed E-state index contributed by atoms with van der Waals surface area (Å²) in [5.41, 5.74) is 2.77. The minimum absolute atomic E-state index is 0.298. The first-order chi connectivity index (χ1) is 10.6. The lowest BCUT2D eigenvalue weighted by atomic mass is 10.1. The van der Waals surface area contributed by atoms with Crippen molar-refractivity contribution in [3.8, 4) is 0 Å². The maximum absolute atomic E-state index is 5.99. The van der Waals surface area contributed by atoms with E-state index in [1.807, 2.05) is 20.9 Å². The molecule has 0 aliphatic heterocycles. The second-order valence-electron chi connectivity index (χ2n) is 5.50. The van der Waals surface area contributed by atoms with Crippen molar-refractivity contribution in [2.75, 3.05) is 33.4 Å². The van der Waals surface area contributed by atoms with Gasteiger partial charge >= 0.3 is 8.56 Å². The van der Waals surface area contributed by atoms with Crippen molar-refractivity contribution in [1.29, 1.82) is 0 Å². The molecule has 1 N–H and O–H groups in total. The molecular formula is C17H31NO3Si. The van der Waals surface area contributed by atoms with E-state index >= 15 is 0 Å². The molecule has 4 nitrogen and oxygen atoms in total. The highest BCUT2D eigenvalue weighted by Crippen LogP contribution is 2.29. The Morgan fingerprint density at radius 3 is 2.18 bits per heavy atom. The molecule has 0 saturated heterocycles. The van der Waals surface area contributed by atoms with Crippen molar-refractivity contribution in [3.63, 3.8) is 0 Å². The zero-order valence-corrected chi connectivity index (χ0v) is 15.6. The third kappa shape index (κ3) is 5.82. The normalized spacial score (nSPS) is 13.3. The van der Waals surface area contributed by atoms with Gasteiger partial charge in [0, 0.05) is 25.3 Å². The van der Waals surface area contributed by atoms with Crippen LogP contribution in [0.2, 0.25) is 6.55 Å². The lowest BCUT2D eigenvalue weighted by molar-refractivity contribution is 0.124. The van der Waals surface area contributed by atoms with Gasteiger partial charge in [-0.2, -0.15) is 0 Å². The quantitative estimate of drug-likeness (QED) is 0.501. The lowest BCUT2D eigenvalue weighted by Gasteiger charge is -2.32. The molecule has 1 unspecified atom stereocenters. The van der Waals surface area contributed by atoms with Gasteiger partial charge in [-0.3, -0.25) is 0 Å². The highest BCUT2D eigenvalue weighted by molar-refractivity contribution is 6.67. The number of ether oxygens (including phenoxy) is 1. The van der Waals surface area contributed by atoms with Gasteiger partial charge < -0.3 is 18.9 Å². The Bertz CT molecular complexity index is 405. The van der Waals surface area contributed by atoms with Gasteiger partial charge in [0.1, 0.15) is 0 Å². The molecule has 0 aromatic heterocycles. The summed E-state index contributed by atoms with van der Waals surface area (Å²) >= 11 is 0. The summed E-state index contributed by atoms with van der Waals surface area (Å²) in [6, 6.07) is 8.62. The molecule has 1 aromatic carbocycles. The fraction of sp³-hybridized carbons (Fsp3) is 0.647. The Hall–Kier alpha value is -0.723. The van der Waals surface area contributed by atoms with E-state index in [0.29, 0.717) is 25.4 Å². The second-order valence-corrected chi connectivity index (χ2v) is 8.98. The summed E-state index contributed by atoms with van der Waals surface area (Å²) < 4.78 is 17.6. The number of nitrogens with one attached hydrogen (secondary N) is 1. The fourth-order valence-corrected chi connectivity index (χ4v) is 4.96. The third-order valence-electron chi connectivity index (χ3n) is 3.89. The molecule has 0 aliphatic carbocycles. The highest BCUT2D eigenvalue weighted by Gasteiger charge is 2.38. The summed E-state index contributed by atoms with van der Waals surface area (Å²) in [4.78, 5) is 0. The van der Waals surface area contributed by atoms with Crippen LogP contribution < -0.4 is 5.32 Å². The first-order valence-corrected chi connectivity index (χ1v) is 10.6. The van der Waals surface area contributed by atoms with Gasteiger partial charge in [0.15, 0.2) is 0 Å². The van der Waals surface area contributed by atoms with Gasteiger partial charge in [-0.05, 0) is 38.6 Å². The molecule has 0 saturated carbocycles. The van der Waals surface area contributed by atoms with Crippen LogP contribution in [-0.2, 0) is 20.2 Å². The zero-order valence-electron chi connectivity index (χ0n) is 14.6. The molecule has 0 radical (unpaired) electrons. The number of hydrogen-bond donors (Lipinski definition) is 1. The summed E-state index contributed by atoms with van der Waals surface area (Å²) in [5.74, 6) is 0. The molecule has 0 amide bonds. The van der Waals surface area contributed by atoms with Gasteiger partial charge in [0.25, 0.3) is 0 Å². The molecular weight excluding hydrogens is 294 g/mol. The molecule has 22 heavy (non-hydrogen) atoms. The molecule has 1 aromatic rings. The van der Waals surface area contributed by atoms with E-state index in [2.05, 4.69) is 43.1 Å². The van der Waals surface area contributed by atoms with Crippen LogP contribution in [0, 0.1) is 0 Å². The first-order valence-electron chi connectivity index (χ1n) is 8.16. The Balaban J connectivity index is 2.67. The van der Waals surface area contributed by atoms with E-state index < -0.39 is 8.56 Å². The molecule has 1 rings (SSSR count). The van der Waals surface area contributed by atoms with E-state index in [0.717, 1.165) is 13.2 Å².